The Bertz CT molecular complexity index is 464. The molecule has 3 rings (SSSR count). The molecule has 1 aromatic rings. The van der Waals surface area contributed by atoms with Gasteiger partial charge in [0, 0.05) is 18.6 Å². The summed E-state index contributed by atoms with van der Waals surface area (Å²) in [6.45, 7) is 1.19. The van der Waals surface area contributed by atoms with Gasteiger partial charge in [-0.25, -0.2) is 0 Å². The number of nitrogens with zero attached hydrogens (tertiary/aromatic N) is 1. The molecule has 0 aliphatic heterocycles. The Labute approximate surface area is 120 Å². The zero-order valence-electron chi connectivity index (χ0n) is 12.0. The molecule has 2 aliphatic carbocycles. The Balaban J connectivity index is 1.59. The van der Waals surface area contributed by atoms with Gasteiger partial charge in [-0.2, -0.15) is 0 Å². The fourth-order valence-corrected chi connectivity index (χ4v) is 2.36. The van der Waals surface area contributed by atoms with Gasteiger partial charge in [0.05, 0.1) is 13.7 Å². The molecule has 2 saturated carbocycles. The molecule has 0 saturated heterocycles. The normalized spacial score (nSPS) is 17.9. The van der Waals surface area contributed by atoms with Gasteiger partial charge in [-0.3, -0.25) is 4.79 Å². The van der Waals surface area contributed by atoms with Crippen molar-refractivity contribution in [1.29, 1.82) is 0 Å². The molecule has 1 aromatic carbocycles. The number of rotatable bonds is 7. The summed E-state index contributed by atoms with van der Waals surface area (Å²) in [5.41, 5.74) is 1.16. The molecule has 0 unspecified atom stereocenters. The molecule has 0 spiro atoms. The van der Waals surface area contributed by atoms with Crippen LogP contribution >= 0.6 is 0 Å². The number of ether oxygens (including phenoxy) is 1. The van der Waals surface area contributed by atoms with Crippen molar-refractivity contribution in [3.8, 4) is 5.75 Å². The van der Waals surface area contributed by atoms with E-state index in [2.05, 4.69) is 5.32 Å². The first kappa shape index (κ1) is 13.4. The molecule has 2 aliphatic rings. The van der Waals surface area contributed by atoms with Crippen LogP contribution < -0.4 is 10.1 Å². The largest absolute Gasteiger partial charge is 0.497 e. The summed E-state index contributed by atoms with van der Waals surface area (Å²) in [7, 11) is 1.67. The average molecular weight is 274 g/mol. The summed E-state index contributed by atoms with van der Waals surface area (Å²) in [6, 6.07) is 9.01. The monoisotopic (exact) mass is 274 g/mol. The molecular formula is C16H22N2O2. The van der Waals surface area contributed by atoms with Crippen LogP contribution in [0.25, 0.3) is 0 Å². The van der Waals surface area contributed by atoms with Crippen LogP contribution in [-0.4, -0.2) is 36.5 Å². The standard InChI is InChI=1S/C16H22N2O2/c1-20-15-8-2-12(3-9-15)11-18(14-6-7-14)16(19)10-17-13-4-5-13/h2-3,8-9,13-14,17H,4-7,10-11H2,1H3. The number of hydrogen-bond acceptors (Lipinski definition) is 3. The van der Waals surface area contributed by atoms with E-state index < -0.39 is 0 Å². The Morgan fingerprint density at radius 1 is 1.25 bits per heavy atom. The number of nitrogens with one attached hydrogen (secondary N) is 1. The highest BCUT2D eigenvalue weighted by Gasteiger charge is 2.33. The van der Waals surface area contributed by atoms with E-state index in [9.17, 15) is 4.79 Å². The molecule has 0 bridgehead atoms. The van der Waals surface area contributed by atoms with Crippen molar-refractivity contribution < 1.29 is 9.53 Å². The van der Waals surface area contributed by atoms with E-state index in [0.29, 0.717) is 25.2 Å². The Kier molecular flexibility index (Phi) is 3.92. The van der Waals surface area contributed by atoms with Gasteiger partial charge in [-0.15, -0.1) is 0 Å². The summed E-state index contributed by atoms with van der Waals surface area (Å²) in [6.07, 6.45) is 4.72. The quantitative estimate of drug-likeness (QED) is 0.826. The fourth-order valence-electron chi connectivity index (χ4n) is 2.36. The van der Waals surface area contributed by atoms with Crippen molar-refractivity contribution in [2.45, 2.75) is 44.3 Å². The van der Waals surface area contributed by atoms with Crippen molar-refractivity contribution in [1.82, 2.24) is 10.2 Å². The van der Waals surface area contributed by atoms with Gasteiger partial charge in [0.1, 0.15) is 5.75 Å². The highest BCUT2D eigenvalue weighted by Crippen LogP contribution is 2.29. The second kappa shape index (κ2) is 5.83. The van der Waals surface area contributed by atoms with Gasteiger partial charge in [0.25, 0.3) is 0 Å². The molecule has 20 heavy (non-hydrogen) atoms. The van der Waals surface area contributed by atoms with E-state index in [1.54, 1.807) is 7.11 Å². The summed E-state index contributed by atoms with van der Waals surface area (Å²) in [5.74, 6) is 1.09. The Morgan fingerprint density at radius 3 is 2.50 bits per heavy atom. The molecule has 1 N–H and O–H groups in total. The first-order valence-electron chi connectivity index (χ1n) is 7.42. The van der Waals surface area contributed by atoms with E-state index in [-0.39, 0.29) is 5.91 Å². The average Bonchev–Trinajstić information content (AvgIpc) is 3.36. The summed E-state index contributed by atoms with van der Waals surface area (Å²) in [4.78, 5) is 14.3. The van der Waals surface area contributed by atoms with Crippen molar-refractivity contribution >= 4 is 5.91 Å². The van der Waals surface area contributed by atoms with E-state index in [1.807, 2.05) is 29.2 Å². The van der Waals surface area contributed by atoms with Gasteiger partial charge in [-0.1, -0.05) is 12.1 Å². The van der Waals surface area contributed by atoms with Gasteiger partial charge in [-0.05, 0) is 43.4 Å². The van der Waals surface area contributed by atoms with Crippen molar-refractivity contribution in [3.05, 3.63) is 29.8 Å². The Morgan fingerprint density at radius 2 is 1.95 bits per heavy atom. The van der Waals surface area contributed by atoms with Crippen molar-refractivity contribution in [3.63, 3.8) is 0 Å². The lowest BCUT2D eigenvalue weighted by atomic mass is 10.2. The summed E-state index contributed by atoms with van der Waals surface area (Å²) >= 11 is 0. The SMILES string of the molecule is COc1ccc(CN(C(=O)CNC2CC2)C2CC2)cc1. The topological polar surface area (TPSA) is 41.6 Å². The predicted molar refractivity (Wildman–Crippen MR) is 77.6 cm³/mol. The fraction of sp³-hybridized carbons (Fsp3) is 0.562. The number of carbonyl (C=O) groups is 1. The molecule has 2 fully saturated rings. The second-order valence-electron chi connectivity index (χ2n) is 5.76. The van der Waals surface area contributed by atoms with Crippen LogP contribution in [-0.2, 0) is 11.3 Å². The number of carbonyl (C=O) groups excluding carboxylic acids is 1. The third kappa shape index (κ3) is 3.51. The van der Waals surface area contributed by atoms with Crippen LogP contribution in [0.3, 0.4) is 0 Å². The molecule has 0 radical (unpaired) electrons. The van der Waals surface area contributed by atoms with Crippen LogP contribution in [0.15, 0.2) is 24.3 Å². The van der Waals surface area contributed by atoms with Gasteiger partial charge < -0.3 is 15.0 Å². The molecule has 0 heterocycles. The number of hydrogen-bond donors (Lipinski definition) is 1. The summed E-state index contributed by atoms with van der Waals surface area (Å²) in [5, 5.41) is 3.31. The van der Waals surface area contributed by atoms with Crippen molar-refractivity contribution in [2.75, 3.05) is 13.7 Å². The number of methoxy groups -OCH3 is 1. The first-order chi connectivity index (χ1) is 9.76. The molecular weight excluding hydrogens is 252 g/mol. The van der Waals surface area contributed by atoms with E-state index in [1.165, 1.54) is 12.8 Å². The van der Waals surface area contributed by atoms with Gasteiger partial charge >= 0.3 is 0 Å². The maximum atomic E-state index is 12.3. The van der Waals surface area contributed by atoms with Gasteiger partial charge in [0.2, 0.25) is 5.91 Å². The number of amides is 1. The highest BCUT2D eigenvalue weighted by atomic mass is 16.5. The second-order valence-corrected chi connectivity index (χ2v) is 5.76. The summed E-state index contributed by atoms with van der Waals surface area (Å²) < 4.78 is 5.16. The minimum absolute atomic E-state index is 0.232. The molecule has 1 amide bonds. The van der Waals surface area contributed by atoms with Gasteiger partial charge in [0.15, 0.2) is 0 Å². The molecule has 4 nitrogen and oxygen atoms in total. The number of benzene rings is 1. The lowest BCUT2D eigenvalue weighted by molar-refractivity contribution is -0.131. The zero-order valence-corrected chi connectivity index (χ0v) is 12.0. The highest BCUT2D eigenvalue weighted by molar-refractivity contribution is 5.79. The minimum Gasteiger partial charge on any atom is -0.497 e. The molecule has 0 aromatic heterocycles. The van der Waals surface area contributed by atoms with E-state index >= 15 is 0 Å². The van der Waals surface area contributed by atoms with Crippen LogP contribution in [0.2, 0.25) is 0 Å². The molecule has 0 atom stereocenters. The van der Waals surface area contributed by atoms with Crippen LogP contribution in [0.1, 0.15) is 31.2 Å². The first-order valence-corrected chi connectivity index (χ1v) is 7.42. The van der Waals surface area contributed by atoms with Crippen molar-refractivity contribution in [2.24, 2.45) is 0 Å². The molecule has 4 heteroatoms. The maximum absolute atomic E-state index is 12.3. The zero-order chi connectivity index (χ0) is 13.9. The maximum Gasteiger partial charge on any atom is 0.237 e. The lowest BCUT2D eigenvalue weighted by Crippen LogP contribution is -2.39. The lowest BCUT2D eigenvalue weighted by Gasteiger charge is -2.23. The van der Waals surface area contributed by atoms with E-state index in [0.717, 1.165) is 24.2 Å². The third-order valence-electron chi connectivity index (χ3n) is 3.94. The van der Waals surface area contributed by atoms with Crippen LogP contribution in [0, 0.1) is 0 Å². The Hall–Kier alpha value is -1.55. The smallest absolute Gasteiger partial charge is 0.237 e. The molecule has 108 valence electrons. The minimum atomic E-state index is 0.232. The third-order valence-corrected chi connectivity index (χ3v) is 3.94. The van der Waals surface area contributed by atoms with E-state index in [4.69, 9.17) is 4.74 Å². The predicted octanol–water partition coefficient (Wildman–Crippen LogP) is 1.94. The van der Waals surface area contributed by atoms with Crippen LogP contribution in [0.5, 0.6) is 5.75 Å². The van der Waals surface area contributed by atoms with Crippen LogP contribution in [0.4, 0.5) is 0 Å².